The zero-order valence-corrected chi connectivity index (χ0v) is 13.9. The van der Waals surface area contributed by atoms with Gasteiger partial charge in [-0.2, -0.15) is 0 Å². The van der Waals surface area contributed by atoms with Gasteiger partial charge >= 0.3 is 0 Å². The first-order valence-electron chi connectivity index (χ1n) is 7.71. The second kappa shape index (κ2) is 4.86. The van der Waals surface area contributed by atoms with Crippen LogP contribution in [0.3, 0.4) is 0 Å². The average molecular weight is 324 g/mol. The van der Waals surface area contributed by atoms with E-state index < -0.39 is 21.5 Å². The maximum Gasteiger partial charge on any atom is 0.233 e. The Labute approximate surface area is 132 Å². The number of fused-ring (bicyclic) bond motifs is 2. The lowest BCUT2D eigenvalue weighted by Gasteiger charge is -2.40. The summed E-state index contributed by atoms with van der Waals surface area (Å²) in [5.41, 5.74) is 5.89. The highest BCUT2D eigenvalue weighted by molar-refractivity contribution is 7.92. The Morgan fingerprint density at radius 2 is 2.05 bits per heavy atom. The predicted octanol–water partition coefficient (Wildman–Crippen LogP) is 2.20. The highest BCUT2D eigenvalue weighted by atomic mass is 32.2. The number of para-hydroxylation sites is 2. The molecule has 4 N–H and O–H groups in total. The van der Waals surface area contributed by atoms with Gasteiger partial charge in [-0.15, -0.1) is 0 Å². The van der Waals surface area contributed by atoms with Crippen molar-refractivity contribution in [2.75, 3.05) is 16.2 Å². The molecular formula is C16H24N2O3S. The van der Waals surface area contributed by atoms with Crippen LogP contribution < -0.4 is 10.5 Å². The molecule has 0 aliphatic heterocycles. The van der Waals surface area contributed by atoms with Crippen molar-refractivity contribution in [1.29, 1.82) is 0 Å². The molecule has 2 bridgehead atoms. The van der Waals surface area contributed by atoms with E-state index in [0.29, 0.717) is 23.7 Å². The molecular weight excluding hydrogens is 300 g/mol. The number of anilines is 2. The van der Waals surface area contributed by atoms with E-state index in [1.54, 1.807) is 24.3 Å². The zero-order valence-electron chi connectivity index (χ0n) is 13.0. The molecule has 6 heteroatoms. The van der Waals surface area contributed by atoms with Gasteiger partial charge in [0.15, 0.2) is 0 Å². The number of sulfonamides is 1. The standard InChI is InChI=1S/C16H24N2O3S/c1-15(2)11-7-8-16(15,14(19)9-11)10-22(20,21)18-13-6-4-3-5-12(13)17/h3-6,11,14,18-19H,7-10,17H2,1-2H3/t11-,14-,16-/m1/s1. The Morgan fingerprint density at radius 1 is 1.36 bits per heavy atom. The zero-order chi connectivity index (χ0) is 16.2. The number of aliphatic hydroxyl groups excluding tert-OH is 1. The number of nitrogen functional groups attached to an aromatic ring is 1. The van der Waals surface area contributed by atoms with Gasteiger partial charge in [-0.25, -0.2) is 8.42 Å². The maximum atomic E-state index is 12.6. The van der Waals surface area contributed by atoms with Gasteiger partial charge in [0.25, 0.3) is 0 Å². The topological polar surface area (TPSA) is 92.4 Å². The van der Waals surface area contributed by atoms with Crippen LogP contribution in [0.25, 0.3) is 0 Å². The molecule has 0 amide bonds. The number of hydrogen-bond donors (Lipinski definition) is 3. The van der Waals surface area contributed by atoms with Gasteiger partial charge in [0.1, 0.15) is 0 Å². The third kappa shape index (κ3) is 2.20. The van der Waals surface area contributed by atoms with E-state index >= 15 is 0 Å². The smallest absolute Gasteiger partial charge is 0.233 e. The van der Waals surface area contributed by atoms with Crippen molar-refractivity contribution < 1.29 is 13.5 Å². The van der Waals surface area contributed by atoms with Crippen LogP contribution in [0.1, 0.15) is 33.1 Å². The molecule has 0 unspecified atom stereocenters. The first-order chi connectivity index (χ1) is 10.2. The number of aliphatic hydroxyl groups is 1. The molecule has 0 heterocycles. The molecule has 0 spiro atoms. The molecule has 0 aromatic heterocycles. The third-order valence-corrected chi connectivity index (χ3v) is 7.49. The molecule has 3 rings (SSSR count). The van der Waals surface area contributed by atoms with Crippen molar-refractivity contribution in [1.82, 2.24) is 0 Å². The molecule has 1 aromatic rings. The summed E-state index contributed by atoms with van der Waals surface area (Å²) >= 11 is 0. The fourth-order valence-corrected chi connectivity index (χ4v) is 6.49. The largest absolute Gasteiger partial charge is 0.397 e. The highest BCUT2D eigenvalue weighted by Crippen LogP contribution is 2.66. The fraction of sp³-hybridized carbons (Fsp3) is 0.625. The van der Waals surface area contributed by atoms with Crippen LogP contribution in [-0.2, 0) is 10.0 Å². The Balaban J connectivity index is 1.87. The minimum Gasteiger partial charge on any atom is -0.397 e. The number of nitrogens with one attached hydrogen (secondary N) is 1. The van der Waals surface area contributed by atoms with Crippen molar-refractivity contribution in [2.45, 2.75) is 39.2 Å². The van der Waals surface area contributed by atoms with Crippen molar-refractivity contribution in [3.63, 3.8) is 0 Å². The molecule has 22 heavy (non-hydrogen) atoms. The number of hydrogen-bond acceptors (Lipinski definition) is 4. The van der Waals surface area contributed by atoms with E-state index in [1.807, 2.05) is 0 Å². The van der Waals surface area contributed by atoms with Crippen LogP contribution in [0.2, 0.25) is 0 Å². The third-order valence-electron chi connectivity index (χ3n) is 6.06. The number of nitrogens with two attached hydrogens (primary N) is 1. The predicted molar refractivity (Wildman–Crippen MR) is 87.8 cm³/mol. The van der Waals surface area contributed by atoms with Gasteiger partial charge in [0.05, 0.1) is 23.2 Å². The minimum absolute atomic E-state index is 0.0565. The SMILES string of the molecule is CC1(C)[C@@H]2CC[C@@]1(CS(=O)(=O)Nc1ccccc1N)[C@H](O)C2. The van der Waals surface area contributed by atoms with Gasteiger partial charge < -0.3 is 10.8 Å². The molecule has 2 aliphatic rings. The first kappa shape index (κ1) is 15.6. The normalized spacial score (nSPS) is 33.0. The van der Waals surface area contributed by atoms with Crippen molar-refractivity contribution in [3.8, 4) is 0 Å². The molecule has 2 aliphatic carbocycles. The summed E-state index contributed by atoms with van der Waals surface area (Å²) in [5.74, 6) is 0.346. The average Bonchev–Trinajstić information content (AvgIpc) is 2.74. The monoisotopic (exact) mass is 324 g/mol. The summed E-state index contributed by atoms with van der Waals surface area (Å²) in [6, 6.07) is 6.82. The minimum atomic E-state index is -3.58. The van der Waals surface area contributed by atoms with Crippen molar-refractivity contribution in [3.05, 3.63) is 24.3 Å². The highest BCUT2D eigenvalue weighted by Gasteiger charge is 2.65. The molecule has 1 aromatic carbocycles. The van der Waals surface area contributed by atoms with Crippen LogP contribution in [0.4, 0.5) is 11.4 Å². The summed E-state index contributed by atoms with van der Waals surface area (Å²) < 4.78 is 27.9. The molecule has 0 saturated heterocycles. The van der Waals surface area contributed by atoms with E-state index in [-0.39, 0.29) is 11.2 Å². The van der Waals surface area contributed by atoms with E-state index in [0.717, 1.165) is 12.8 Å². The Bertz CT molecular complexity index is 686. The number of benzene rings is 1. The van der Waals surface area contributed by atoms with Crippen molar-refractivity contribution in [2.24, 2.45) is 16.7 Å². The molecule has 0 radical (unpaired) electrons. The molecule has 5 nitrogen and oxygen atoms in total. The fourth-order valence-electron chi connectivity index (χ4n) is 4.51. The van der Waals surface area contributed by atoms with E-state index in [4.69, 9.17) is 5.73 Å². The Morgan fingerprint density at radius 3 is 2.59 bits per heavy atom. The summed E-state index contributed by atoms with van der Waals surface area (Å²) in [6.45, 7) is 4.18. The number of rotatable bonds is 4. The van der Waals surface area contributed by atoms with Gasteiger partial charge in [-0.05, 0) is 42.7 Å². The van der Waals surface area contributed by atoms with Gasteiger partial charge in [0, 0.05) is 5.41 Å². The Kier molecular flexibility index (Phi) is 3.45. The lowest BCUT2D eigenvalue weighted by atomic mass is 9.70. The summed E-state index contributed by atoms with van der Waals surface area (Å²) in [4.78, 5) is 0. The van der Waals surface area contributed by atoms with Crippen LogP contribution in [0.5, 0.6) is 0 Å². The van der Waals surface area contributed by atoms with Crippen LogP contribution >= 0.6 is 0 Å². The van der Waals surface area contributed by atoms with E-state index in [2.05, 4.69) is 18.6 Å². The second-order valence-electron chi connectivity index (χ2n) is 7.31. The molecule has 2 fully saturated rings. The van der Waals surface area contributed by atoms with Gasteiger partial charge in [0.2, 0.25) is 10.0 Å². The first-order valence-corrected chi connectivity index (χ1v) is 9.36. The lowest BCUT2D eigenvalue weighted by Crippen LogP contribution is -2.45. The van der Waals surface area contributed by atoms with Crippen LogP contribution in [0, 0.1) is 16.7 Å². The van der Waals surface area contributed by atoms with Crippen molar-refractivity contribution >= 4 is 21.4 Å². The summed E-state index contributed by atoms with van der Waals surface area (Å²) in [7, 11) is -3.58. The van der Waals surface area contributed by atoms with E-state index in [9.17, 15) is 13.5 Å². The quantitative estimate of drug-likeness (QED) is 0.740. The summed E-state index contributed by atoms with van der Waals surface area (Å²) in [6.07, 6.45) is 1.91. The van der Waals surface area contributed by atoms with Gasteiger partial charge in [-0.1, -0.05) is 26.0 Å². The van der Waals surface area contributed by atoms with Crippen LogP contribution in [0.15, 0.2) is 24.3 Å². The summed E-state index contributed by atoms with van der Waals surface area (Å²) in [5, 5.41) is 10.5. The molecule has 3 atom stereocenters. The molecule has 122 valence electrons. The van der Waals surface area contributed by atoms with Gasteiger partial charge in [-0.3, -0.25) is 4.72 Å². The lowest BCUT2D eigenvalue weighted by molar-refractivity contribution is 0.0154. The second-order valence-corrected chi connectivity index (χ2v) is 9.04. The molecule has 2 saturated carbocycles. The van der Waals surface area contributed by atoms with E-state index in [1.165, 1.54) is 0 Å². The Hall–Kier alpha value is -1.27. The van der Waals surface area contributed by atoms with Crippen LogP contribution in [-0.4, -0.2) is 25.4 Å². The maximum absolute atomic E-state index is 12.6.